The number of anilines is 2. The van der Waals surface area contributed by atoms with Crippen molar-refractivity contribution in [3.63, 3.8) is 0 Å². The van der Waals surface area contributed by atoms with Crippen LogP contribution in [0.3, 0.4) is 0 Å². The first-order valence-electron chi connectivity index (χ1n) is 12.1. The van der Waals surface area contributed by atoms with Gasteiger partial charge >= 0.3 is 0 Å². The predicted molar refractivity (Wildman–Crippen MR) is 148 cm³/mol. The highest BCUT2D eigenvalue weighted by Gasteiger charge is 2.22. The van der Waals surface area contributed by atoms with Crippen LogP contribution in [0.25, 0.3) is 0 Å². The molecule has 3 aromatic rings. The Morgan fingerprint density at radius 2 is 1.73 bits per heavy atom. The van der Waals surface area contributed by atoms with Gasteiger partial charge in [0.2, 0.25) is 17.7 Å². The molecule has 0 unspecified atom stereocenters. The lowest BCUT2D eigenvalue weighted by Crippen LogP contribution is -2.37. The summed E-state index contributed by atoms with van der Waals surface area (Å²) in [5.74, 6) is 1.09. The van der Waals surface area contributed by atoms with E-state index in [-0.39, 0.29) is 29.2 Å². The number of aromatic nitrogens is 2. The normalized spacial score (nSPS) is 11.4. The van der Waals surface area contributed by atoms with E-state index in [1.807, 2.05) is 27.1 Å². The molecule has 0 fully saturated rings. The topological polar surface area (TPSA) is 111 Å². The molecule has 0 saturated carbocycles. The van der Waals surface area contributed by atoms with Crippen LogP contribution in [0.2, 0.25) is 19.6 Å². The maximum Gasteiger partial charge on any atom is 0.291 e. The number of carbonyl (C=O) groups is 1. The van der Waals surface area contributed by atoms with Crippen molar-refractivity contribution < 1.29 is 23.4 Å². The van der Waals surface area contributed by atoms with Crippen LogP contribution in [0.4, 0.5) is 11.6 Å². The molecular weight excluding hydrogens is 490 g/mol. The lowest BCUT2D eigenvalue weighted by atomic mass is 10.2. The fourth-order valence-corrected chi connectivity index (χ4v) is 4.74. The molecule has 1 amide bonds. The Hall–Kier alpha value is -3.57. The fourth-order valence-electron chi connectivity index (χ4n) is 3.51. The van der Waals surface area contributed by atoms with Gasteiger partial charge in [0.15, 0.2) is 11.4 Å². The number of nitrogens with one attached hydrogen (secondary N) is 2. The van der Waals surface area contributed by atoms with Crippen LogP contribution in [-0.4, -0.2) is 70.3 Å². The zero-order valence-corrected chi connectivity index (χ0v) is 23.9. The Morgan fingerprint density at radius 3 is 2.30 bits per heavy atom. The van der Waals surface area contributed by atoms with Crippen molar-refractivity contribution in [2.45, 2.75) is 33.0 Å². The summed E-state index contributed by atoms with van der Waals surface area (Å²) in [6.07, 6.45) is 0.907. The Morgan fingerprint density at radius 1 is 1.05 bits per heavy atom. The summed E-state index contributed by atoms with van der Waals surface area (Å²) < 4.78 is 22.4. The van der Waals surface area contributed by atoms with E-state index in [1.54, 1.807) is 6.07 Å². The Labute approximate surface area is 219 Å². The van der Waals surface area contributed by atoms with Crippen molar-refractivity contribution in [2.24, 2.45) is 0 Å². The monoisotopic (exact) mass is 527 g/mol. The summed E-state index contributed by atoms with van der Waals surface area (Å²) in [5.41, 5.74) is 1.20. The second-order valence-corrected chi connectivity index (χ2v) is 15.0. The standard InChI is InChI=1S/C26H37N5O5Si/c1-17-16-18(37(6,7)8)10-11-19(17)35-21-13-12-20(36-21)23(32)28-22-24(33-4)29-26(30-25(22)34-5)27-14-9-15-31(2)3/h10-13,16H,9,14-15H2,1-8H3,(H,28,32)(H,27,29,30). The molecule has 2 N–H and O–H groups in total. The Kier molecular flexibility index (Phi) is 9.17. The summed E-state index contributed by atoms with van der Waals surface area (Å²) in [5, 5.41) is 7.22. The number of methoxy groups -OCH3 is 2. The van der Waals surface area contributed by atoms with Crippen molar-refractivity contribution in [2.75, 3.05) is 52.0 Å². The minimum atomic E-state index is -1.43. The van der Waals surface area contributed by atoms with Crippen molar-refractivity contribution in [3.05, 3.63) is 41.7 Å². The maximum atomic E-state index is 13.0. The third-order valence-corrected chi connectivity index (χ3v) is 7.63. The zero-order valence-electron chi connectivity index (χ0n) is 22.9. The van der Waals surface area contributed by atoms with Crippen LogP contribution in [0.1, 0.15) is 22.5 Å². The molecule has 200 valence electrons. The molecular formula is C26H37N5O5Si. The molecule has 0 spiro atoms. The highest BCUT2D eigenvalue weighted by molar-refractivity contribution is 6.88. The first-order valence-corrected chi connectivity index (χ1v) is 15.6. The van der Waals surface area contributed by atoms with Crippen molar-refractivity contribution in [1.29, 1.82) is 0 Å². The van der Waals surface area contributed by atoms with E-state index in [4.69, 9.17) is 18.6 Å². The van der Waals surface area contributed by atoms with Gasteiger partial charge < -0.3 is 34.2 Å². The van der Waals surface area contributed by atoms with Crippen molar-refractivity contribution >= 4 is 30.8 Å². The summed E-state index contributed by atoms with van der Waals surface area (Å²) in [6.45, 7) is 10.5. The first-order chi connectivity index (χ1) is 17.5. The predicted octanol–water partition coefficient (Wildman–Crippen LogP) is 4.35. The van der Waals surface area contributed by atoms with Gasteiger partial charge in [0.25, 0.3) is 11.9 Å². The number of hydrogen-bond acceptors (Lipinski definition) is 9. The molecule has 11 heteroatoms. The van der Waals surface area contributed by atoms with Crippen LogP contribution in [0.15, 0.2) is 34.7 Å². The van der Waals surface area contributed by atoms with Crippen LogP contribution in [0, 0.1) is 6.92 Å². The van der Waals surface area contributed by atoms with E-state index in [2.05, 4.69) is 57.3 Å². The highest BCUT2D eigenvalue weighted by atomic mass is 28.3. The SMILES string of the molecule is COc1nc(NCCCN(C)C)nc(OC)c1NC(=O)c1ccc(Oc2ccc([Si](C)(C)C)cc2C)o1. The van der Waals surface area contributed by atoms with E-state index in [1.165, 1.54) is 25.5 Å². The van der Waals surface area contributed by atoms with Gasteiger partial charge in [-0.15, -0.1) is 0 Å². The quantitative estimate of drug-likeness (QED) is 0.262. The van der Waals surface area contributed by atoms with Gasteiger partial charge in [-0.1, -0.05) is 37.0 Å². The molecule has 10 nitrogen and oxygen atoms in total. The van der Waals surface area contributed by atoms with Gasteiger partial charge in [0.1, 0.15) is 5.75 Å². The summed E-state index contributed by atoms with van der Waals surface area (Å²) in [6, 6.07) is 9.32. The average molecular weight is 528 g/mol. The molecule has 2 aromatic heterocycles. The molecule has 0 radical (unpaired) electrons. The first kappa shape index (κ1) is 28.0. The molecule has 0 saturated heterocycles. The van der Waals surface area contributed by atoms with E-state index in [0.717, 1.165) is 18.5 Å². The van der Waals surface area contributed by atoms with E-state index in [0.29, 0.717) is 18.2 Å². The van der Waals surface area contributed by atoms with E-state index < -0.39 is 14.0 Å². The molecule has 2 heterocycles. The number of aryl methyl sites for hydroxylation is 1. The summed E-state index contributed by atoms with van der Waals surface area (Å²) in [4.78, 5) is 23.8. The molecule has 0 aliphatic heterocycles. The van der Waals surface area contributed by atoms with Gasteiger partial charge in [0.05, 0.1) is 22.3 Å². The zero-order chi connectivity index (χ0) is 27.2. The molecule has 0 bridgehead atoms. The smallest absolute Gasteiger partial charge is 0.291 e. The summed E-state index contributed by atoms with van der Waals surface area (Å²) >= 11 is 0. The molecule has 0 aliphatic rings. The molecule has 1 aromatic carbocycles. The largest absolute Gasteiger partial charge is 0.479 e. The third-order valence-electron chi connectivity index (χ3n) is 5.59. The van der Waals surface area contributed by atoms with E-state index >= 15 is 0 Å². The number of benzene rings is 1. The number of furan rings is 1. The molecule has 0 atom stereocenters. The highest BCUT2D eigenvalue weighted by Crippen LogP contribution is 2.33. The second kappa shape index (κ2) is 12.1. The van der Waals surface area contributed by atoms with Gasteiger partial charge in [-0.2, -0.15) is 9.97 Å². The minimum absolute atomic E-state index is 0.0568. The van der Waals surface area contributed by atoms with Crippen LogP contribution < -0.4 is 30.0 Å². The lowest BCUT2D eigenvalue weighted by Gasteiger charge is -2.18. The van der Waals surface area contributed by atoms with Crippen LogP contribution in [0.5, 0.6) is 23.5 Å². The van der Waals surface area contributed by atoms with Gasteiger partial charge in [-0.25, -0.2) is 0 Å². The number of amides is 1. The summed E-state index contributed by atoms with van der Waals surface area (Å²) in [7, 11) is 5.52. The van der Waals surface area contributed by atoms with Gasteiger partial charge in [0, 0.05) is 12.6 Å². The van der Waals surface area contributed by atoms with Crippen molar-refractivity contribution in [3.8, 4) is 23.5 Å². The van der Waals surface area contributed by atoms with Crippen LogP contribution in [-0.2, 0) is 0 Å². The fraction of sp³-hybridized carbons (Fsp3) is 0.423. The van der Waals surface area contributed by atoms with Crippen LogP contribution >= 0.6 is 0 Å². The number of rotatable bonds is 12. The van der Waals surface area contributed by atoms with Gasteiger partial charge in [-0.3, -0.25) is 4.79 Å². The Balaban J connectivity index is 1.72. The van der Waals surface area contributed by atoms with E-state index in [9.17, 15) is 4.79 Å². The second-order valence-electron chi connectivity index (χ2n) is 9.93. The van der Waals surface area contributed by atoms with Crippen molar-refractivity contribution in [1.82, 2.24) is 14.9 Å². The van der Waals surface area contributed by atoms with Gasteiger partial charge in [-0.05, 0) is 51.7 Å². The number of ether oxygens (including phenoxy) is 3. The average Bonchev–Trinajstić information content (AvgIpc) is 3.31. The lowest BCUT2D eigenvalue weighted by molar-refractivity contribution is 0.0990. The molecule has 0 aliphatic carbocycles. The number of nitrogens with zero attached hydrogens (tertiary/aromatic N) is 3. The third kappa shape index (κ3) is 7.46. The Bertz CT molecular complexity index is 1200. The molecule has 37 heavy (non-hydrogen) atoms. The minimum Gasteiger partial charge on any atom is -0.479 e. The number of carbonyl (C=O) groups excluding carboxylic acids is 1. The number of hydrogen-bond donors (Lipinski definition) is 2. The maximum absolute atomic E-state index is 13.0. The molecule has 3 rings (SSSR count).